The Labute approximate surface area is 220 Å². The molecule has 0 fully saturated rings. The number of benzene rings is 1. The molecule has 1 aromatic carbocycles. The summed E-state index contributed by atoms with van der Waals surface area (Å²) in [6.45, 7) is 2.87. The Bertz CT molecular complexity index is 1100. The summed E-state index contributed by atoms with van der Waals surface area (Å²) in [6, 6.07) is 2.14. The number of hydrogen-bond acceptors (Lipinski definition) is 8. The van der Waals surface area contributed by atoms with Crippen molar-refractivity contribution in [2.45, 2.75) is 75.9 Å². The molecule has 11 N–H and O–H groups in total. The van der Waals surface area contributed by atoms with Crippen molar-refractivity contribution in [3.8, 4) is 0 Å². The first-order chi connectivity index (χ1) is 18.0. The lowest BCUT2D eigenvalue weighted by molar-refractivity contribution is -0.143. The molecule has 2 rings (SSSR count). The van der Waals surface area contributed by atoms with Crippen LogP contribution in [0.3, 0.4) is 0 Å². The summed E-state index contributed by atoms with van der Waals surface area (Å²) >= 11 is 0. The van der Waals surface area contributed by atoms with Crippen molar-refractivity contribution >= 4 is 34.6 Å². The van der Waals surface area contributed by atoms with Crippen LogP contribution in [-0.2, 0) is 25.6 Å². The number of amides is 3. The zero-order valence-electron chi connectivity index (χ0n) is 21.5. The molecule has 13 heteroatoms. The highest BCUT2D eigenvalue weighted by Gasteiger charge is 2.34. The quantitative estimate of drug-likeness (QED) is 0.120. The van der Waals surface area contributed by atoms with E-state index in [1.165, 1.54) is 13.8 Å². The van der Waals surface area contributed by atoms with Gasteiger partial charge in [-0.3, -0.25) is 14.4 Å². The summed E-state index contributed by atoms with van der Waals surface area (Å²) in [5.41, 5.74) is 13.2. The van der Waals surface area contributed by atoms with Crippen LogP contribution in [-0.4, -0.2) is 86.9 Å². The van der Waals surface area contributed by atoms with Gasteiger partial charge in [0.1, 0.15) is 18.1 Å². The van der Waals surface area contributed by atoms with Crippen LogP contribution in [0.25, 0.3) is 10.9 Å². The molecule has 0 aliphatic rings. The normalized spacial score (nSPS) is 16.1. The Morgan fingerprint density at radius 3 is 2.08 bits per heavy atom. The highest BCUT2D eigenvalue weighted by Crippen LogP contribution is 2.18. The number of aliphatic hydroxyl groups is 2. The van der Waals surface area contributed by atoms with Gasteiger partial charge < -0.3 is 47.7 Å². The van der Waals surface area contributed by atoms with Crippen molar-refractivity contribution in [1.82, 2.24) is 20.9 Å². The zero-order chi connectivity index (χ0) is 28.4. The van der Waals surface area contributed by atoms with Crippen molar-refractivity contribution in [1.29, 1.82) is 0 Å². The van der Waals surface area contributed by atoms with Gasteiger partial charge in [-0.1, -0.05) is 18.2 Å². The second-order valence-corrected chi connectivity index (χ2v) is 9.31. The average molecular weight is 535 g/mol. The van der Waals surface area contributed by atoms with Gasteiger partial charge in [0.2, 0.25) is 17.7 Å². The molecule has 2 aromatic rings. The summed E-state index contributed by atoms with van der Waals surface area (Å²) in [5, 5.41) is 37.6. The van der Waals surface area contributed by atoms with Gasteiger partial charge in [0.15, 0.2) is 0 Å². The van der Waals surface area contributed by atoms with Gasteiger partial charge in [0.25, 0.3) is 0 Å². The van der Waals surface area contributed by atoms with E-state index in [2.05, 4.69) is 20.9 Å². The van der Waals surface area contributed by atoms with Crippen LogP contribution >= 0.6 is 0 Å². The first-order valence-electron chi connectivity index (χ1n) is 12.5. The monoisotopic (exact) mass is 534 g/mol. The molecule has 0 saturated carbocycles. The van der Waals surface area contributed by atoms with E-state index in [1.54, 1.807) is 6.20 Å². The van der Waals surface area contributed by atoms with E-state index in [9.17, 15) is 34.5 Å². The molecule has 6 unspecified atom stereocenters. The first kappa shape index (κ1) is 30.7. The molecule has 13 nitrogen and oxygen atoms in total. The number of nitrogens with two attached hydrogens (primary N) is 2. The third kappa shape index (κ3) is 8.52. The van der Waals surface area contributed by atoms with E-state index < -0.39 is 60.1 Å². The van der Waals surface area contributed by atoms with E-state index in [1.807, 2.05) is 24.3 Å². The fourth-order valence-electron chi connectivity index (χ4n) is 3.96. The fraction of sp³-hybridized carbons (Fsp3) is 0.520. The van der Waals surface area contributed by atoms with Crippen LogP contribution in [0.5, 0.6) is 0 Å². The Kier molecular flexibility index (Phi) is 11.7. The molecular formula is C25H38N6O7. The molecular weight excluding hydrogens is 496 g/mol. The number of rotatable bonds is 15. The number of carbonyl (C=O) groups excluding carboxylic acids is 3. The first-order valence-corrected chi connectivity index (χ1v) is 12.5. The minimum absolute atomic E-state index is 0.111. The third-order valence-electron chi connectivity index (χ3n) is 6.14. The number of aromatic nitrogens is 1. The Balaban J connectivity index is 2.06. The molecule has 6 atom stereocenters. The standard InChI is InChI=1S/C25H38N6O7/c1-13(32)20(23(35)29-19(25(37)38)9-5-6-10-26)31-24(36)21(14(2)33)30-22(34)17(27)11-15-12-28-18-8-4-3-7-16(15)18/h3-4,7-8,12-14,17,19-21,28,32-33H,5-6,9-11,26-27H2,1-2H3,(H,29,35)(H,30,34)(H,31,36)(H,37,38). The van der Waals surface area contributed by atoms with Gasteiger partial charge >= 0.3 is 5.97 Å². The fourth-order valence-corrected chi connectivity index (χ4v) is 3.96. The predicted octanol–water partition coefficient (Wildman–Crippen LogP) is -1.53. The number of carboxylic acid groups (broad SMARTS) is 1. The number of hydrogen-bond donors (Lipinski definition) is 9. The van der Waals surface area contributed by atoms with Gasteiger partial charge in [0.05, 0.1) is 18.2 Å². The van der Waals surface area contributed by atoms with E-state index in [0.29, 0.717) is 19.4 Å². The number of nitrogens with one attached hydrogen (secondary N) is 4. The van der Waals surface area contributed by atoms with Gasteiger partial charge in [-0.25, -0.2) is 4.79 Å². The highest BCUT2D eigenvalue weighted by molar-refractivity contribution is 5.95. The molecule has 0 spiro atoms. The summed E-state index contributed by atoms with van der Waals surface area (Å²) in [4.78, 5) is 53.1. The second-order valence-electron chi connectivity index (χ2n) is 9.31. The second kappa shape index (κ2) is 14.4. The van der Waals surface area contributed by atoms with Crippen LogP contribution < -0.4 is 27.4 Å². The molecule has 1 heterocycles. The number of aromatic amines is 1. The number of H-pyrrole nitrogens is 1. The minimum Gasteiger partial charge on any atom is -0.480 e. The van der Waals surface area contributed by atoms with Gasteiger partial charge in [-0.15, -0.1) is 0 Å². The summed E-state index contributed by atoms with van der Waals surface area (Å²) in [7, 11) is 0. The molecule has 0 aliphatic heterocycles. The SMILES string of the molecule is CC(O)C(NC(=O)C(N)Cc1c[nH]c2ccccc12)C(=O)NC(C(=O)NC(CCCCN)C(=O)O)C(C)O. The van der Waals surface area contributed by atoms with Crippen molar-refractivity contribution in [2.75, 3.05) is 6.54 Å². The van der Waals surface area contributed by atoms with Crippen molar-refractivity contribution in [3.63, 3.8) is 0 Å². The average Bonchev–Trinajstić information content (AvgIpc) is 3.27. The van der Waals surface area contributed by atoms with E-state index >= 15 is 0 Å². The van der Waals surface area contributed by atoms with Crippen molar-refractivity contribution in [2.24, 2.45) is 11.5 Å². The predicted molar refractivity (Wildman–Crippen MR) is 140 cm³/mol. The zero-order valence-corrected chi connectivity index (χ0v) is 21.5. The van der Waals surface area contributed by atoms with Crippen molar-refractivity contribution in [3.05, 3.63) is 36.0 Å². The maximum atomic E-state index is 12.9. The summed E-state index contributed by atoms with van der Waals surface area (Å²) < 4.78 is 0. The van der Waals surface area contributed by atoms with E-state index in [4.69, 9.17) is 11.5 Å². The number of unbranched alkanes of at least 4 members (excludes halogenated alkanes) is 1. The number of carboxylic acids is 1. The molecule has 0 radical (unpaired) electrons. The number of fused-ring (bicyclic) bond motifs is 1. The number of carbonyl (C=O) groups is 4. The van der Waals surface area contributed by atoms with Gasteiger partial charge in [-0.2, -0.15) is 0 Å². The van der Waals surface area contributed by atoms with E-state index in [-0.39, 0.29) is 12.8 Å². The highest BCUT2D eigenvalue weighted by atomic mass is 16.4. The Morgan fingerprint density at radius 1 is 0.921 bits per heavy atom. The third-order valence-corrected chi connectivity index (χ3v) is 6.14. The molecule has 210 valence electrons. The van der Waals surface area contributed by atoms with Crippen LogP contribution in [0.15, 0.2) is 30.5 Å². The summed E-state index contributed by atoms with van der Waals surface area (Å²) in [5.74, 6) is -3.87. The van der Waals surface area contributed by atoms with Crippen LogP contribution in [0.4, 0.5) is 0 Å². The number of para-hydroxylation sites is 1. The minimum atomic E-state index is -1.54. The largest absolute Gasteiger partial charge is 0.480 e. The topological polar surface area (TPSA) is 233 Å². The molecule has 0 saturated heterocycles. The maximum absolute atomic E-state index is 12.9. The molecule has 1 aromatic heterocycles. The molecule has 0 bridgehead atoms. The molecule has 0 aliphatic carbocycles. The van der Waals surface area contributed by atoms with Crippen LogP contribution in [0.1, 0.15) is 38.7 Å². The van der Waals surface area contributed by atoms with E-state index in [0.717, 1.165) is 16.5 Å². The summed E-state index contributed by atoms with van der Waals surface area (Å²) in [6.07, 6.45) is 0.237. The molecule has 38 heavy (non-hydrogen) atoms. The van der Waals surface area contributed by atoms with Crippen LogP contribution in [0.2, 0.25) is 0 Å². The smallest absolute Gasteiger partial charge is 0.326 e. The lowest BCUT2D eigenvalue weighted by Gasteiger charge is -2.27. The Morgan fingerprint density at radius 2 is 1.50 bits per heavy atom. The van der Waals surface area contributed by atoms with Gasteiger partial charge in [-0.05, 0) is 57.7 Å². The van der Waals surface area contributed by atoms with Gasteiger partial charge in [0, 0.05) is 17.1 Å². The molecule has 3 amide bonds. The van der Waals surface area contributed by atoms with Crippen LogP contribution in [0, 0.1) is 0 Å². The maximum Gasteiger partial charge on any atom is 0.326 e. The lowest BCUT2D eigenvalue weighted by atomic mass is 10.0. The number of aliphatic carboxylic acids is 1. The lowest BCUT2D eigenvalue weighted by Crippen LogP contribution is -2.62. The number of aliphatic hydroxyl groups excluding tert-OH is 2. The Hall–Kier alpha value is -3.52. The van der Waals surface area contributed by atoms with Crippen molar-refractivity contribution < 1.29 is 34.5 Å².